The summed E-state index contributed by atoms with van der Waals surface area (Å²) in [5, 5.41) is 5.69. The van der Waals surface area contributed by atoms with Crippen molar-refractivity contribution < 1.29 is 14.3 Å². The predicted molar refractivity (Wildman–Crippen MR) is 78.2 cm³/mol. The van der Waals surface area contributed by atoms with Gasteiger partial charge in [-0.2, -0.15) is 0 Å². The fourth-order valence-corrected chi connectivity index (χ4v) is 3.01. The predicted octanol–water partition coefficient (Wildman–Crippen LogP) is 1.32. The molecule has 1 aromatic rings. The lowest BCUT2D eigenvalue weighted by atomic mass is 10.2. The fourth-order valence-electron chi connectivity index (χ4n) is 1.53. The summed E-state index contributed by atoms with van der Waals surface area (Å²) in [6, 6.07) is 3.42. The number of carbonyl (C=O) groups excluding carboxylic acids is 2. The van der Waals surface area contributed by atoms with Crippen LogP contribution in [0.4, 0.5) is 0 Å². The molecule has 19 heavy (non-hydrogen) atoms. The van der Waals surface area contributed by atoms with Gasteiger partial charge in [-0.25, -0.2) is 4.79 Å². The molecule has 1 atom stereocenters. The number of hydrogen-bond donors (Lipinski definition) is 2. The van der Waals surface area contributed by atoms with Crippen molar-refractivity contribution in [3.05, 3.63) is 20.8 Å². The van der Waals surface area contributed by atoms with Crippen molar-refractivity contribution in [2.24, 2.45) is 0 Å². The lowest BCUT2D eigenvalue weighted by molar-refractivity contribution is -0.144. The van der Waals surface area contributed by atoms with E-state index in [1.54, 1.807) is 11.3 Å². The van der Waals surface area contributed by atoms with Crippen molar-refractivity contribution in [2.75, 3.05) is 20.2 Å². The number of halogens is 1. The molecule has 106 valence electrons. The Kier molecular flexibility index (Phi) is 7.04. The normalized spacial score (nSPS) is 11.9. The Labute approximate surface area is 124 Å². The number of amides is 1. The maximum atomic E-state index is 11.4. The van der Waals surface area contributed by atoms with Crippen LogP contribution < -0.4 is 10.6 Å². The molecule has 0 aliphatic rings. The first-order chi connectivity index (χ1) is 9.02. The number of esters is 1. The molecule has 0 spiro atoms. The fraction of sp³-hybridized carbons (Fsp3) is 0.500. The highest BCUT2D eigenvalue weighted by molar-refractivity contribution is 9.11. The molecule has 1 heterocycles. The monoisotopic (exact) mass is 348 g/mol. The van der Waals surface area contributed by atoms with Crippen LogP contribution in [0.5, 0.6) is 0 Å². The molecule has 0 saturated carbocycles. The minimum atomic E-state index is -0.641. The van der Waals surface area contributed by atoms with E-state index in [0.29, 0.717) is 6.54 Å². The number of nitrogens with one attached hydrogen (secondary N) is 2. The summed E-state index contributed by atoms with van der Waals surface area (Å²) in [4.78, 5) is 23.7. The van der Waals surface area contributed by atoms with Gasteiger partial charge in [-0.05, 0) is 34.5 Å². The molecule has 1 amide bonds. The van der Waals surface area contributed by atoms with Crippen molar-refractivity contribution >= 4 is 39.1 Å². The first-order valence-corrected chi connectivity index (χ1v) is 7.43. The zero-order chi connectivity index (χ0) is 14.3. The van der Waals surface area contributed by atoms with Crippen molar-refractivity contribution in [3.63, 3.8) is 0 Å². The van der Waals surface area contributed by atoms with Gasteiger partial charge in [-0.15, -0.1) is 11.3 Å². The van der Waals surface area contributed by atoms with Gasteiger partial charge in [0.15, 0.2) is 0 Å². The van der Waals surface area contributed by atoms with Crippen LogP contribution >= 0.6 is 27.3 Å². The Bertz CT molecular complexity index is 436. The third-order valence-corrected chi connectivity index (χ3v) is 4.07. The Balaban J connectivity index is 2.31. The minimum Gasteiger partial charge on any atom is -0.467 e. The summed E-state index contributed by atoms with van der Waals surface area (Å²) in [6.07, 6.45) is 0.879. The van der Waals surface area contributed by atoms with Crippen LogP contribution in [0.25, 0.3) is 0 Å². The van der Waals surface area contributed by atoms with E-state index in [0.717, 1.165) is 16.8 Å². The summed E-state index contributed by atoms with van der Waals surface area (Å²) < 4.78 is 5.74. The summed E-state index contributed by atoms with van der Waals surface area (Å²) in [6.45, 7) is 2.47. The van der Waals surface area contributed by atoms with Gasteiger partial charge in [0.2, 0.25) is 5.91 Å². The summed E-state index contributed by atoms with van der Waals surface area (Å²) >= 11 is 5.09. The molecule has 1 unspecified atom stereocenters. The molecule has 0 saturated heterocycles. The Morgan fingerprint density at radius 1 is 1.47 bits per heavy atom. The van der Waals surface area contributed by atoms with Crippen LogP contribution in [0.1, 0.15) is 11.8 Å². The molecule has 0 aliphatic carbocycles. The van der Waals surface area contributed by atoms with E-state index in [9.17, 15) is 9.59 Å². The zero-order valence-electron chi connectivity index (χ0n) is 10.9. The number of ether oxygens (including phenoxy) is 1. The largest absolute Gasteiger partial charge is 0.467 e. The molecular weight excluding hydrogens is 332 g/mol. The summed E-state index contributed by atoms with van der Waals surface area (Å²) in [5.74, 6) is -0.694. The third-order valence-electron chi connectivity index (χ3n) is 2.39. The van der Waals surface area contributed by atoms with E-state index >= 15 is 0 Å². The second-order valence-corrected chi connectivity index (χ2v) is 6.48. The van der Waals surface area contributed by atoms with Gasteiger partial charge in [0, 0.05) is 24.9 Å². The highest BCUT2D eigenvalue weighted by Crippen LogP contribution is 2.21. The van der Waals surface area contributed by atoms with Crippen LogP contribution in [0.3, 0.4) is 0 Å². The molecule has 2 N–H and O–H groups in total. The molecule has 5 nitrogen and oxygen atoms in total. The molecule has 0 bridgehead atoms. The molecule has 7 heteroatoms. The Morgan fingerprint density at radius 2 is 2.21 bits per heavy atom. The van der Waals surface area contributed by atoms with Crippen molar-refractivity contribution in [2.45, 2.75) is 19.4 Å². The van der Waals surface area contributed by atoms with Crippen LogP contribution in [0, 0.1) is 0 Å². The minimum absolute atomic E-state index is 0.251. The molecule has 1 rings (SSSR count). The summed E-state index contributed by atoms with van der Waals surface area (Å²) in [5.41, 5.74) is 0. The Morgan fingerprint density at radius 3 is 2.74 bits per heavy atom. The van der Waals surface area contributed by atoms with E-state index in [4.69, 9.17) is 0 Å². The van der Waals surface area contributed by atoms with E-state index < -0.39 is 12.0 Å². The van der Waals surface area contributed by atoms with Gasteiger partial charge in [-0.3, -0.25) is 4.79 Å². The number of hydrogen-bond acceptors (Lipinski definition) is 5. The Hall–Kier alpha value is -0.920. The van der Waals surface area contributed by atoms with E-state index in [1.807, 2.05) is 6.07 Å². The number of methoxy groups -OCH3 is 1. The van der Waals surface area contributed by atoms with Gasteiger partial charge in [-0.1, -0.05) is 0 Å². The molecular formula is C12H17BrN2O3S. The maximum absolute atomic E-state index is 11.4. The van der Waals surface area contributed by atoms with Gasteiger partial charge in [0.1, 0.15) is 6.04 Å². The molecule has 0 aromatic carbocycles. The van der Waals surface area contributed by atoms with Gasteiger partial charge < -0.3 is 15.4 Å². The average molecular weight is 349 g/mol. The van der Waals surface area contributed by atoms with Crippen LogP contribution in [-0.2, 0) is 20.7 Å². The number of thiophene rings is 1. The van der Waals surface area contributed by atoms with Gasteiger partial charge in [0.05, 0.1) is 10.9 Å². The third kappa shape index (κ3) is 6.17. The molecule has 0 radical (unpaired) electrons. The molecule has 0 fully saturated rings. The summed E-state index contributed by atoms with van der Waals surface area (Å²) in [7, 11) is 1.31. The highest BCUT2D eigenvalue weighted by atomic mass is 79.9. The second-order valence-electron chi connectivity index (χ2n) is 3.94. The molecule has 0 aliphatic heterocycles. The first kappa shape index (κ1) is 16.1. The van der Waals surface area contributed by atoms with E-state index in [1.165, 1.54) is 18.9 Å². The average Bonchev–Trinajstić information content (AvgIpc) is 2.77. The van der Waals surface area contributed by atoms with E-state index in [2.05, 4.69) is 37.4 Å². The van der Waals surface area contributed by atoms with Gasteiger partial charge in [0.25, 0.3) is 0 Å². The van der Waals surface area contributed by atoms with Gasteiger partial charge >= 0.3 is 5.97 Å². The lowest BCUT2D eigenvalue weighted by Gasteiger charge is -2.15. The zero-order valence-corrected chi connectivity index (χ0v) is 13.3. The molecule has 1 aromatic heterocycles. The first-order valence-electron chi connectivity index (χ1n) is 5.82. The van der Waals surface area contributed by atoms with Crippen molar-refractivity contribution in [1.82, 2.24) is 10.6 Å². The standard InChI is InChI=1S/C12H17BrN2O3S/c1-8(16)15-10(12(17)18-2)7-14-6-5-9-3-4-11(13)19-9/h3-4,10,14H,5-7H2,1-2H3,(H,15,16). The number of rotatable bonds is 7. The van der Waals surface area contributed by atoms with Crippen molar-refractivity contribution in [3.8, 4) is 0 Å². The highest BCUT2D eigenvalue weighted by Gasteiger charge is 2.19. The topological polar surface area (TPSA) is 67.4 Å². The number of carbonyl (C=O) groups is 2. The lowest BCUT2D eigenvalue weighted by Crippen LogP contribution is -2.47. The van der Waals surface area contributed by atoms with Crippen LogP contribution in [0.2, 0.25) is 0 Å². The van der Waals surface area contributed by atoms with E-state index in [-0.39, 0.29) is 5.91 Å². The smallest absolute Gasteiger partial charge is 0.329 e. The quantitative estimate of drug-likeness (QED) is 0.576. The maximum Gasteiger partial charge on any atom is 0.329 e. The SMILES string of the molecule is COC(=O)C(CNCCc1ccc(Br)s1)NC(C)=O. The van der Waals surface area contributed by atoms with Crippen LogP contribution in [0.15, 0.2) is 15.9 Å². The van der Waals surface area contributed by atoms with Crippen molar-refractivity contribution in [1.29, 1.82) is 0 Å². The van der Waals surface area contributed by atoms with Crippen LogP contribution in [-0.4, -0.2) is 38.1 Å². The second kappa shape index (κ2) is 8.29.